The van der Waals surface area contributed by atoms with Gasteiger partial charge >= 0.3 is 0 Å². The summed E-state index contributed by atoms with van der Waals surface area (Å²) in [6.07, 6.45) is 0. The van der Waals surface area contributed by atoms with Crippen LogP contribution in [-0.2, 0) is 4.79 Å². The van der Waals surface area contributed by atoms with E-state index in [4.69, 9.17) is 9.47 Å². The third kappa shape index (κ3) is 4.76. The first-order valence-electron chi connectivity index (χ1n) is 8.60. The highest BCUT2D eigenvalue weighted by molar-refractivity contribution is 5.96. The van der Waals surface area contributed by atoms with Crippen LogP contribution >= 0.6 is 0 Å². The summed E-state index contributed by atoms with van der Waals surface area (Å²) in [4.78, 5) is 24.1. The summed E-state index contributed by atoms with van der Waals surface area (Å²) in [6, 6.07) is 20.1. The Bertz CT molecular complexity index is 950. The lowest BCUT2D eigenvalue weighted by molar-refractivity contribution is -0.123. The summed E-state index contributed by atoms with van der Waals surface area (Å²) in [5, 5.41) is 1.95. The molecule has 6 nitrogen and oxygen atoms in total. The second kappa shape index (κ2) is 8.71. The molecule has 0 bridgehead atoms. The maximum Gasteiger partial charge on any atom is 0.276 e. The summed E-state index contributed by atoms with van der Waals surface area (Å²) < 4.78 is 10.9. The fourth-order valence-corrected chi connectivity index (χ4v) is 2.59. The zero-order valence-electron chi connectivity index (χ0n) is 14.9. The minimum Gasteiger partial charge on any atom is -0.494 e. The fraction of sp³-hybridized carbons (Fsp3) is 0.143. The van der Waals surface area contributed by atoms with Gasteiger partial charge in [-0.2, -0.15) is 0 Å². The van der Waals surface area contributed by atoms with E-state index in [0.717, 1.165) is 10.8 Å². The molecular formula is C21H20N2O4. The van der Waals surface area contributed by atoms with Crippen LogP contribution in [0.3, 0.4) is 0 Å². The van der Waals surface area contributed by atoms with Crippen LogP contribution in [-0.4, -0.2) is 25.0 Å². The number of rotatable bonds is 6. The molecule has 6 heteroatoms. The SMILES string of the molecule is CCOc1cccc(C(=O)NNC(=O)COc2cccc3ccccc23)c1. The van der Waals surface area contributed by atoms with E-state index in [-0.39, 0.29) is 6.61 Å². The number of hydrazine groups is 1. The molecule has 0 saturated carbocycles. The normalized spacial score (nSPS) is 10.3. The average molecular weight is 364 g/mol. The van der Waals surface area contributed by atoms with Crippen molar-refractivity contribution in [2.24, 2.45) is 0 Å². The quantitative estimate of drug-likeness (QED) is 0.659. The van der Waals surface area contributed by atoms with Crippen LogP contribution in [0, 0.1) is 0 Å². The smallest absolute Gasteiger partial charge is 0.276 e. The monoisotopic (exact) mass is 364 g/mol. The van der Waals surface area contributed by atoms with Gasteiger partial charge in [-0.15, -0.1) is 0 Å². The van der Waals surface area contributed by atoms with Gasteiger partial charge in [0.1, 0.15) is 11.5 Å². The molecule has 2 N–H and O–H groups in total. The number of fused-ring (bicyclic) bond motifs is 1. The molecule has 2 amide bonds. The lowest BCUT2D eigenvalue weighted by atomic mass is 10.1. The maximum atomic E-state index is 12.1. The van der Waals surface area contributed by atoms with E-state index < -0.39 is 11.8 Å². The Morgan fingerprint density at radius 2 is 1.67 bits per heavy atom. The van der Waals surface area contributed by atoms with E-state index in [1.54, 1.807) is 30.3 Å². The van der Waals surface area contributed by atoms with Crippen molar-refractivity contribution in [2.75, 3.05) is 13.2 Å². The zero-order valence-corrected chi connectivity index (χ0v) is 14.9. The molecule has 0 heterocycles. The Morgan fingerprint density at radius 1 is 0.889 bits per heavy atom. The van der Waals surface area contributed by atoms with E-state index in [0.29, 0.717) is 23.7 Å². The average Bonchev–Trinajstić information content (AvgIpc) is 2.71. The number of carbonyl (C=O) groups is 2. The molecule has 27 heavy (non-hydrogen) atoms. The van der Waals surface area contributed by atoms with Gasteiger partial charge in [0.25, 0.3) is 11.8 Å². The third-order valence-electron chi connectivity index (χ3n) is 3.83. The molecule has 0 aromatic heterocycles. The first kappa shape index (κ1) is 18.3. The van der Waals surface area contributed by atoms with Gasteiger partial charge in [-0.05, 0) is 36.6 Å². The van der Waals surface area contributed by atoms with E-state index in [9.17, 15) is 9.59 Å². The second-order valence-electron chi connectivity index (χ2n) is 5.73. The third-order valence-corrected chi connectivity index (χ3v) is 3.83. The number of hydrogen-bond acceptors (Lipinski definition) is 4. The van der Waals surface area contributed by atoms with Crippen molar-refractivity contribution >= 4 is 22.6 Å². The number of ether oxygens (including phenoxy) is 2. The van der Waals surface area contributed by atoms with Crippen LogP contribution in [0.15, 0.2) is 66.7 Å². The van der Waals surface area contributed by atoms with E-state index in [1.165, 1.54) is 0 Å². The lowest BCUT2D eigenvalue weighted by Gasteiger charge is -2.11. The summed E-state index contributed by atoms with van der Waals surface area (Å²) in [7, 11) is 0. The Kier molecular flexibility index (Phi) is 5.89. The van der Waals surface area contributed by atoms with Gasteiger partial charge in [0.15, 0.2) is 6.61 Å². The van der Waals surface area contributed by atoms with Crippen LogP contribution < -0.4 is 20.3 Å². The summed E-state index contributed by atoms with van der Waals surface area (Å²) in [6.45, 7) is 2.16. The molecule has 0 spiro atoms. The largest absolute Gasteiger partial charge is 0.494 e. The van der Waals surface area contributed by atoms with Gasteiger partial charge in [0.2, 0.25) is 0 Å². The molecule has 0 aliphatic carbocycles. The molecule has 3 aromatic rings. The highest BCUT2D eigenvalue weighted by Gasteiger charge is 2.10. The Hall–Kier alpha value is -3.54. The van der Waals surface area contributed by atoms with Crippen LogP contribution in [0.2, 0.25) is 0 Å². The van der Waals surface area contributed by atoms with Crippen molar-refractivity contribution < 1.29 is 19.1 Å². The van der Waals surface area contributed by atoms with Crippen molar-refractivity contribution in [1.29, 1.82) is 0 Å². The van der Waals surface area contributed by atoms with Crippen LogP contribution in [0.4, 0.5) is 0 Å². The molecular weight excluding hydrogens is 344 g/mol. The molecule has 3 rings (SSSR count). The van der Waals surface area contributed by atoms with Gasteiger partial charge < -0.3 is 9.47 Å². The highest BCUT2D eigenvalue weighted by atomic mass is 16.5. The molecule has 0 aliphatic rings. The molecule has 3 aromatic carbocycles. The zero-order chi connectivity index (χ0) is 19.1. The predicted octanol–water partition coefficient (Wildman–Crippen LogP) is 3.08. The molecule has 0 radical (unpaired) electrons. The van der Waals surface area contributed by atoms with Crippen LogP contribution in [0.25, 0.3) is 10.8 Å². The summed E-state index contributed by atoms with van der Waals surface area (Å²) >= 11 is 0. The molecule has 0 aliphatic heterocycles. The van der Waals surface area contributed by atoms with Crippen molar-refractivity contribution in [3.05, 3.63) is 72.3 Å². The topological polar surface area (TPSA) is 76.7 Å². The lowest BCUT2D eigenvalue weighted by Crippen LogP contribution is -2.43. The van der Waals surface area contributed by atoms with E-state index in [1.807, 2.05) is 43.3 Å². The Balaban J connectivity index is 1.53. The first-order chi connectivity index (χ1) is 13.2. The molecule has 0 atom stereocenters. The van der Waals surface area contributed by atoms with Gasteiger partial charge in [-0.25, -0.2) is 0 Å². The number of hydrogen-bond donors (Lipinski definition) is 2. The highest BCUT2D eigenvalue weighted by Crippen LogP contribution is 2.24. The van der Waals surface area contributed by atoms with Crippen molar-refractivity contribution in [2.45, 2.75) is 6.92 Å². The standard InChI is InChI=1S/C21H20N2O4/c1-2-26-17-10-5-9-16(13-17)21(25)23-22-20(24)14-27-19-12-6-8-15-7-3-4-11-18(15)19/h3-13H,2,14H2,1H3,(H,22,24)(H,23,25). The van der Waals surface area contributed by atoms with E-state index in [2.05, 4.69) is 10.9 Å². The molecule has 0 unspecified atom stereocenters. The Labute approximate surface area is 157 Å². The molecule has 0 saturated heterocycles. The molecule has 0 fully saturated rings. The predicted molar refractivity (Wildman–Crippen MR) is 103 cm³/mol. The maximum absolute atomic E-state index is 12.1. The van der Waals surface area contributed by atoms with Gasteiger partial charge in [-0.3, -0.25) is 20.4 Å². The van der Waals surface area contributed by atoms with Gasteiger partial charge in [0.05, 0.1) is 6.61 Å². The fourth-order valence-electron chi connectivity index (χ4n) is 2.59. The molecule has 138 valence electrons. The minimum absolute atomic E-state index is 0.215. The minimum atomic E-state index is -0.461. The van der Waals surface area contributed by atoms with Gasteiger partial charge in [0, 0.05) is 10.9 Å². The van der Waals surface area contributed by atoms with Crippen LogP contribution in [0.5, 0.6) is 11.5 Å². The Morgan fingerprint density at radius 3 is 2.52 bits per heavy atom. The number of benzene rings is 3. The summed E-state index contributed by atoms with van der Waals surface area (Å²) in [5.74, 6) is 0.307. The van der Waals surface area contributed by atoms with Crippen molar-refractivity contribution in [3.63, 3.8) is 0 Å². The number of amides is 2. The van der Waals surface area contributed by atoms with Crippen molar-refractivity contribution in [3.8, 4) is 11.5 Å². The first-order valence-corrected chi connectivity index (χ1v) is 8.60. The second-order valence-corrected chi connectivity index (χ2v) is 5.73. The van der Waals surface area contributed by atoms with Crippen molar-refractivity contribution in [1.82, 2.24) is 10.9 Å². The van der Waals surface area contributed by atoms with E-state index >= 15 is 0 Å². The van der Waals surface area contributed by atoms with Gasteiger partial charge in [-0.1, -0.05) is 42.5 Å². The summed E-state index contributed by atoms with van der Waals surface area (Å²) in [5.41, 5.74) is 5.10. The number of carbonyl (C=O) groups excluding carboxylic acids is 2. The van der Waals surface area contributed by atoms with Crippen LogP contribution in [0.1, 0.15) is 17.3 Å². The number of nitrogens with one attached hydrogen (secondary N) is 2.